The van der Waals surface area contributed by atoms with Crippen LogP contribution >= 0.6 is 0 Å². The number of hydrogen-bond acceptors (Lipinski definition) is 4. The molecule has 1 amide bonds. The predicted octanol–water partition coefficient (Wildman–Crippen LogP) is 4.71. The van der Waals surface area contributed by atoms with Gasteiger partial charge in [-0.05, 0) is 43.0 Å². The van der Waals surface area contributed by atoms with Crippen molar-refractivity contribution >= 4 is 5.91 Å². The fraction of sp³-hybridized carbons (Fsp3) is 0.333. The number of para-hydroxylation sites is 1. The highest BCUT2D eigenvalue weighted by Crippen LogP contribution is 2.32. The minimum absolute atomic E-state index is 0.0362. The quantitative estimate of drug-likeness (QED) is 0.593. The number of benzene rings is 2. The van der Waals surface area contributed by atoms with Crippen LogP contribution in [0.4, 0.5) is 4.39 Å². The first kappa shape index (κ1) is 20.1. The lowest BCUT2D eigenvalue weighted by Gasteiger charge is -2.34. The number of likely N-dealkylation sites (tertiary alicyclic amines) is 1. The zero-order chi connectivity index (χ0) is 20.9. The first-order valence-electron chi connectivity index (χ1n) is 10.2. The first-order valence-corrected chi connectivity index (χ1v) is 10.2. The van der Waals surface area contributed by atoms with E-state index in [1.807, 2.05) is 35.2 Å². The van der Waals surface area contributed by atoms with Crippen LogP contribution in [0.5, 0.6) is 5.75 Å². The Balaban J connectivity index is 1.50. The summed E-state index contributed by atoms with van der Waals surface area (Å²) in [6, 6.07) is 13.9. The molecule has 5 nitrogen and oxygen atoms in total. The van der Waals surface area contributed by atoms with Crippen LogP contribution in [0.25, 0.3) is 0 Å². The van der Waals surface area contributed by atoms with Crippen LogP contribution in [0, 0.1) is 5.82 Å². The second-order valence-electron chi connectivity index (χ2n) is 7.56. The molecule has 0 aliphatic carbocycles. The van der Waals surface area contributed by atoms with Gasteiger partial charge in [-0.25, -0.2) is 9.37 Å². The van der Waals surface area contributed by atoms with Gasteiger partial charge < -0.3 is 14.1 Å². The minimum Gasteiger partial charge on any atom is -0.496 e. The van der Waals surface area contributed by atoms with E-state index in [-0.39, 0.29) is 24.2 Å². The molecule has 1 fully saturated rings. The molecule has 1 aliphatic heterocycles. The Kier molecular flexibility index (Phi) is 6.12. The highest BCUT2D eigenvalue weighted by molar-refractivity contribution is 5.80. The summed E-state index contributed by atoms with van der Waals surface area (Å²) in [5, 5.41) is 0. The second-order valence-corrected chi connectivity index (χ2v) is 7.56. The molecule has 2 heterocycles. The van der Waals surface area contributed by atoms with Gasteiger partial charge in [0.25, 0.3) is 0 Å². The molecule has 156 valence electrons. The highest BCUT2D eigenvalue weighted by atomic mass is 19.1. The van der Waals surface area contributed by atoms with Gasteiger partial charge in [-0.3, -0.25) is 4.79 Å². The van der Waals surface area contributed by atoms with E-state index in [0.717, 1.165) is 30.4 Å². The van der Waals surface area contributed by atoms with E-state index >= 15 is 0 Å². The summed E-state index contributed by atoms with van der Waals surface area (Å²) < 4.78 is 24.8. The molecule has 2 aromatic carbocycles. The maximum atomic E-state index is 13.4. The lowest BCUT2D eigenvalue weighted by Crippen LogP contribution is -2.39. The van der Waals surface area contributed by atoms with Crippen molar-refractivity contribution in [3.8, 4) is 5.75 Å². The molecule has 1 atom stereocenters. The maximum Gasteiger partial charge on any atom is 0.227 e. The van der Waals surface area contributed by atoms with Crippen LogP contribution < -0.4 is 4.74 Å². The summed E-state index contributed by atoms with van der Waals surface area (Å²) in [5.41, 5.74) is 1.69. The van der Waals surface area contributed by atoms with Crippen molar-refractivity contribution in [3.05, 3.63) is 83.3 Å². The molecule has 3 aromatic rings. The zero-order valence-corrected chi connectivity index (χ0v) is 17.0. The topological polar surface area (TPSA) is 55.6 Å². The Hall–Kier alpha value is -3.15. The van der Waals surface area contributed by atoms with E-state index in [9.17, 15) is 9.18 Å². The molecule has 30 heavy (non-hydrogen) atoms. The van der Waals surface area contributed by atoms with Crippen LogP contribution in [-0.4, -0.2) is 29.4 Å². The van der Waals surface area contributed by atoms with Crippen molar-refractivity contribution in [2.75, 3.05) is 13.7 Å². The molecule has 6 heteroatoms. The van der Waals surface area contributed by atoms with Crippen molar-refractivity contribution in [1.82, 2.24) is 9.88 Å². The van der Waals surface area contributed by atoms with E-state index < -0.39 is 0 Å². The van der Waals surface area contributed by atoms with Crippen LogP contribution in [0.2, 0.25) is 0 Å². The molecule has 1 saturated heterocycles. The fourth-order valence-corrected chi connectivity index (χ4v) is 4.01. The van der Waals surface area contributed by atoms with Crippen molar-refractivity contribution in [3.63, 3.8) is 0 Å². The van der Waals surface area contributed by atoms with E-state index in [4.69, 9.17) is 9.15 Å². The number of methoxy groups -OCH3 is 1. The Labute approximate surface area is 175 Å². The molecular formula is C24H25FN2O3. The maximum absolute atomic E-state index is 13.4. The summed E-state index contributed by atoms with van der Waals surface area (Å²) in [5.74, 6) is 1.70. The van der Waals surface area contributed by atoms with Crippen molar-refractivity contribution in [2.24, 2.45) is 0 Å². The van der Waals surface area contributed by atoms with E-state index in [1.54, 1.807) is 19.4 Å². The lowest BCUT2D eigenvalue weighted by molar-refractivity contribution is -0.135. The largest absolute Gasteiger partial charge is 0.496 e. The third-order valence-electron chi connectivity index (χ3n) is 5.48. The number of ether oxygens (including phenoxy) is 1. The smallest absolute Gasteiger partial charge is 0.227 e. The molecule has 4 rings (SSSR count). The molecule has 0 N–H and O–H groups in total. The average Bonchev–Trinajstić information content (AvgIpc) is 3.22. The van der Waals surface area contributed by atoms with Gasteiger partial charge in [-0.2, -0.15) is 0 Å². The molecule has 0 spiro atoms. The number of rotatable bonds is 6. The van der Waals surface area contributed by atoms with Crippen molar-refractivity contribution in [1.29, 1.82) is 0 Å². The van der Waals surface area contributed by atoms with Crippen LogP contribution in [-0.2, 0) is 17.6 Å². The van der Waals surface area contributed by atoms with Gasteiger partial charge in [0.15, 0.2) is 0 Å². The Morgan fingerprint density at radius 3 is 2.93 bits per heavy atom. The third kappa shape index (κ3) is 4.53. The molecule has 0 bridgehead atoms. The minimum atomic E-state index is -0.271. The van der Waals surface area contributed by atoms with Crippen molar-refractivity contribution < 1.29 is 18.3 Å². The Bertz CT molecular complexity index is 1020. The summed E-state index contributed by atoms with van der Waals surface area (Å²) in [7, 11) is 1.61. The predicted molar refractivity (Wildman–Crippen MR) is 111 cm³/mol. The molecule has 0 saturated carbocycles. The summed E-state index contributed by atoms with van der Waals surface area (Å²) in [6.45, 7) is 0.681. The van der Waals surface area contributed by atoms with Gasteiger partial charge in [0.1, 0.15) is 23.4 Å². The number of oxazole rings is 1. The molecule has 1 aliphatic rings. The normalized spacial score (nSPS) is 16.5. The first-order chi connectivity index (χ1) is 14.6. The molecular weight excluding hydrogens is 383 g/mol. The number of carbonyl (C=O) groups is 1. The summed E-state index contributed by atoms with van der Waals surface area (Å²) in [4.78, 5) is 19.4. The SMILES string of the molecule is COc1ccccc1CC(=O)N1CCCC[C@H]1c1ncc(Cc2cccc(F)c2)o1. The van der Waals surface area contributed by atoms with E-state index in [1.165, 1.54) is 12.1 Å². The van der Waals surface area contributed by atoms with E-state index in [2.05, 4.69) is 4.98 Å². The number of amides is 1. The second kappa shape index (κ2) is 9.11. The number of piperidine rings is 1. The van der Waals surface area contributed by atoms with Gasteiger partial charge in [0.2, 0.25) is 11.8 Å². The zero-order valence-electron chi connectivity index (χ0n) is 17.0. The Morgan fingerprint density at radius 2 is 2.10 bits per heavy atom. The van der Waals surface area contributed by atoms with Gasteiger partial charge in [-0.1, -0.05) is 30.3 Å². The lowest BCUT2D eigenvalue weighted by atomic mass is 10.0. The Morgan fingerprint density at radius 1 is 1.23 bits per heavy atom. The fourth-order valence-electron chi connectivity index (χ4n) is 4.01. The summed E-state index contributed by atoms with van der Waals surface area (Å²) in [6.07, 6.45) is 5.22. The van der Waals surface area contributed by atoms with Crippen molar-refractivity contribution in [2.45, 2.75) is 38.1 Å². The molecule has 1 aromatic heterocycles. The van der Waals surface area contributed by atoms with Crippen LogP contribution in [0.3, 0.4) is 0 Å². The third-order valence-corrected chi connectivity index (χ3v) is 5.48. The monoisotopic (exact) mass is 408 g/mol. The standard InChI is InChI=1S/C24H25FN2O3/c1-29-22-11-3-2-8-18(22)15-23(28)27-12-5-4-10-21(27)24-26-16-20(30-24)14-17-7-6-9-19(25)13-17/h2-3,6-9,11,13,16,21H,4-5,10,12,14-15H2,1H3/t21-/m0/s1. The van der Waals surface area contributed by atoms with Gasteiger partial charge in [0.05, 0.1) is 19.7 Å². The molecule has 0 unspecified atom stereocenters. The number of halogens is 1. The van der Waals surface area contributed by atoms with Crippen LogP contribution in [0.15, 0.2) is 59.1 Å². The average molecular weight is 408 g/mol. The summed E-state index contributed by atoms with van der Waals surface area (Å²) >= 11 is 0. The number of hydrogen-bond donors (Lipinski definition) is 0. The van der Waals surface area contributed by atoms with Crippen LogP contribution in [0.1, 0.15) is 48.1 Å². The molecule has 0 radical (unpaired) electrons. The van der Waals surface area contributed by atoms with Gasteiger partial charge in [-0.15, -0.1) is 0 Å². The number of nitrogens with zero attached hydrogens (tertiary/aromatic N) is 2. The van der Waals surface area contributed by atoms with Gasteiger partial charge in [0, 0.05) is 18.5 Å². The number of carbonyl (C=O) groups excluding carboxylic acids is 1. The van der Waals surface area contributed by atoms with Gasteiger partial charge >= 0.3 is 0 Å². The van der Waals surface area contributed by atoms with E-state index in [0.29, 0.717) is 30.4 Å². The highest BCUT2D eigenvalue weighted by Gasteiger charge is 2.31. The number of aromatic nitrogens is 1.